The Labute approximate surface area is 187 Å². The van der Waals surface area contributed by atoms with E-state index in [1.165, 1.54) is 7.11 Å². The standard InChI is InChI=1S/C22H29ClN4O4/c1-22(2,3)21-24-17(31-25-21)9-10-18(28)26-11-13-27(14-12-26)19(20(29)30-4)15-7-5-6-8-16(15)23/h5-8,19H,9-14H2,1-4H3/t19-/m0/s1. The fraction of sp³-hybridized carbons (Fsp3) is 0.545. The molecule has 2 aromatic rings. The number of piperazine rings is 1. The minimum absolute atomic E-state index is 0.0301. The van der Waals surface area contributed by atoms with Crippen molar-refractivity contribution in [2.75, 3.05) is 33.3 Å². The number of ether oxygens (including phenoxy) is 1. The molecule has 0 unspecified atom stereocenters. The summed E-state index contributed by atoms with van der Waals surface area (Å²) in [4.78, 5) is 33.3. The minimum Gasteiger partial charge on any atom is -0.468 e. The highest BCUT2D eigenvalue weighted by atomic mass is 35.5. The molecule has 1 atom stereocenters. The van der Waals surface area contributed by atoms with Gasteiger partial charge in [0.1, 0.15) is 6.04 Å². The summed E-state index contributed by atoms with van der Waals surface area (Å²) < 4.78 is 10.3. The van der Waals surface area contributed by atoms with Gasteiger partial charge in [0.05, 0.1) is 7.11 Å². The number of halogens is 1. The number of carbonyl (C=O) groups excluding carboxylic acids is 2. The van der Waals surface area contributed by atoms with Gasteiger partial charge in [-0.25, -0.2) is 4.79 Å². The number of methoxy groups -OCH3 is 1. The summed E-state index contributed by atoms with van der Waals surface area (Å²) in [5, 5.41) is 4.51. The largest absolute Gasteiger partial charge is 0.468 e. The SMILES string of the molecule is COC(=O)[C@H](c1ccccc1Cl)N1CCN(C(=O)CCc2nc(C(C)(C)C)no2)CC1. The fourth-order valence-corrected chi connectivity index (χ4v) is 3.78. The molecule has 168 valence electrons. The summed E-state index contributed by atoms with van der Waals surface area (Å²) in [6.45, 7) is 8.17. The van der Waals surface area contributed by atoms with Crippen LogP contribution >= 0.6 is 11.6 Å². The molecule has 31 heavy (non-hydrogen) atoms. The van der Waals surface area contributed by atoms with Crippen LogP contribution in [0.2, 0.25) is 5.02 Å². The lowest BCUT2D eigenvalue weighted by Crippen LogP contribution is -2.51. The molecule has 0 spiro atoms. The summed E-state index contributed by atoms with van der Waals surface area (Å²) >= 11 is 6.33. The number of aromatic nitrogens is 2. The zero-order valence-electron chi connectivity index (χ0n) is 18.4. The molecule has 9 heteroatoms. The molecule has 0 bridgehead atoms. The number of amides is 1. The molecule has 2 heterocycles. The Balaban J connectivity index is 1.57. The summed E-state index contributed by atoms with van der Waals surface area (Å²) in [5.41, 5.74) is 0.516. The van der Waals surface area contributed by atoms with Crippen LogP contribution in [0.4, 0.5) is 0 Å². The molecule has 1 aliphatic heterocycles. The van der Waals surface area contributed by atoms with Crippen LogP contribution in [0.3, 0.4) is 0 Å². The van der Waals surface area contributed by atoms with Gasteiger partial charge in [0.15, 0.2) is 5.82 Å². The van der Waals surface area contributed by atoms with Crippen molar-refractivity contribution in [3.8, 4) is 0 Å². The number of benzene rings is 1. The second-order valence-corrected chi connectivity index (χ2v) is 9.03. The Morgan fingerprint density at radius 2 is 1.87 bits per heavy atom. The van der Waals surface area contributed by atoms with E-state index in [0.717, 1.165) is 0 Å². The lowest BCUT2D eigenvalue weighted by molar-refractivity contribution is -0.148. The highest BCUT2D eigenvalue weighted by molar-refractivity contribution is 6.31. The Bertz CT molecular complexity index is 916. The maximum atomic E-state index is 12.7. The highest BCUT2D eigenvalue weighted by Gasteiger charge is 2.33. The van der Waals surface area contributed by atoms with E-state index < -0.39 is 6.04 Å². The molecule has 1 aliphatic rings. The Morgan fingerprint density at radius 1 is 1.19 bits per heavy atom. The molecular weight excluding hydrogens is 420 g/mol. The predicted molar refractivity (Wildman–Crippen MR) is 116 cm³/mol. The molecule has 3 rings (SSSR count). The number of hydrogen-bond acceptors (Lipinski definition) is 7. The molecule has 8 nitrogen and oxygen atoms in total. The van der Waals surface area contributed by atoms with Crippen molar-refractivity contribution in [1.29, 1.82) is 0 Å². The molecular formula is C22H29ClN4O4. The first-order valence-electron chi connectivity index (χ1n) is 10.4. The van der Waals surface area contributed by atoms with E-state index in [1.807, 2.05) is 43.9 Å². The van der Waals surface area contributed by atoms with Crippen molar-refractivity contribution < 1.29 is 18.8 Å². The first-order valence-corrected chi connectivity index (χ1v) is 10.8. The summed E-state index contributed by atoms with van der Waals surface area (Å²) in [5.74, 6) is 0.778. The van der Waals surface area contributed by atoms with Crippen LogP contribution in [0.5, 0.6) is 0 Å². The van der Waals surface area contributed by atoms with E-state index in [0.29, 0.717) is 61.3 Å². The van der Waals surface area contributed by atoms with Gasteiger partial charge in [-0.15, -0.1) is 0 Å². The molecule has 1 saturated heterocycles. The van der Waals surface area contributed by atoms with Crippen LogP contribution in [-0.2, 0) is 26.2 Å². The third kappa shape index (κ3) is 5.62. The van der Waals surface area contributed by atoms with Crippen molar-refractivity contribution >= 4 is 23.5 Å². The Kier molecular flexibility index (Phi) is 7.33. The van der Waals surface area contributed by atoms with Gasteiger partial charge in [0.25, 0.3) is 0 Å². The fourth-order valence-electron chi connectivity index (χ4n) is 3.54. The van der Waals surface area contributed by atoms with Crippen molar-refractivity contribution in [3.63, 3.8) is 0 Å². The van der Waals surface area contributed by atoms with Crippen molar-refractivity contribution in [1.82, 2.24) is 19.9 Å². The summed E-state index contributed by atoms with van der Waals surface area (Å²) in [6, 6.07) is 6.67. The second-order valence-electron chi connectivity index (χ2n) is 8.63. The maximum absolute atomic E-state index is 12.7. The number of nitrogens with zero attached hydrogens (tertiary/aromatic N) is 4. The van der Waals surface area contributed by atoms with Crippen molar-refractivity contribution in [2.24, 2.45) is 0 Å². The van der Waals surface area contributed by atoms with Crippen LogP contribution in [-0.4, -0.2) is 65.1 Å². The number of aryl methyl sites for hydroxylation is 1. The van der Waals surface area contributed by atoms with E-state index in [1.54, 1.807) is 11.0 Å². The quantitative estimate of drug-likeness (QED) is 0.627. The smallest absolute Gasteiger partial charge is 0.327 e. The highest BCUT2D eigenvalue weighted by Crippen LogP contribution is 2.29. The number of esters is 1. The van der Waals surface area contributed by atoms with Gasteiger partial charge in [0.2, 0.25) is 11.8 Å². The molecule has 1 aromatic carbocycles. The summed E-state index contributed by atoms with van der Waals surface area (Å²) in [7, 11) is 1.37. The normalized spacial score (nSPS) is 16.2. The van der Waals surface area contributed by atoms with E-state index in [4.69, 9.17) is 20.9 Å². The first kappa shape index (κ1) is 23.2. The van der Waals surface area contributed by atoms with E-state index in [-0.39, 0.29) is 17.3 Å². The molecule has 0 aliphatic carbocycles. The molecule has 0 N–H and O–H groups in total. The average molecular weight is 449 g/mol. The van der Waals surface area contributed by atoms with E-state index >= 15 is 0 Å². The monoisotopic (exact) mass is 448 g/mol. The summed E-state index contributed by atoms with van der Waals surface area (Å²) in [6.07, 6.45) is 0.712. The van der Waals surface area contributed by atoms with E-state index in [9.17, 15) is 9.59 Å². The number of carbonyl (C=O) groups is 2. The number of rotatable bonds is 6. The van der Waals surface area contributed by atoms with Gasteiger partial charge in [0, 0.05) is 49.5 Å². The molecule has 1 amide bonds. The second kappa shape index (κ2) is 9.78. The third-order valence-corrected chi connectivity index (χ3v) is 5.69. The molecule has 1 aromatic heterocycles. The van der Waals surface area contributed by atoms with Crippen LogP contribution in [0, 0.1) is 0 Å². The third-order valence-electron chi connectivity index (χ3n) is 5.35. The lowest BCUT2D eigenvalue weighted by Gasteiger charge is -2.38. The van der Waals surface area contributed by atoms with Gasteiger partial charge < -0.3 is 14.2 Å². The average Bonchev–Trinajstić information content (AvgIpc) is 3.23. The van der Waals surface area contributed by atoms with Crippen molar-refractivity contribution in [3.05, 3.63) is 46.6 Å². The lowest BCUT2D eigenvalue weighted by atomic mass is 9.96. The van der Waals surface area contributed by atoms with Gasteiger partial charge in [-0.2, -0.15) is 4.98 Å². The number of hydrogen-bond donors (Lipinski definition) is 0. The zero-order chi connectivity index (χ0) is 22.6. The van der Waals surface area contributed by atoms with Gasteiger partial charge >= 0.3 is 5.97 Å². The van der Waals surface area contributed by atoms with Crippen LogP contribution in [0.25, 0.3) is 0 Å². The zero-order valence-corrected chi connectivity index (χ0v) is 19.2. The Morgan fingerprint density at radius 3 is 2.45 bits per heavy atom. The van der Waals surface area contributed by atoms with Crippen LogP contribution in [0.15, 0.2) is 28.8 Å². The van der Waals surface area contributed by atoms with E-state index in [2.05, 4.69) is 10.1 Å². The molecule has 1 fully saturated rings. The van der Waals surface area contributed by atoms with Crippen LogP contribution in [0.1, 0.15) is 50.5 Å². The maximum Gasteiger partial charge on any atom is 0.327 e. The van der Waals surface area contributed by atoms with Gasteiger partial charge in [-0.05, 0) is 11.6 Å². The van der Waals surface area contributed by atoms with Crippen LogP contribution < -0.4 is 0 Å². The van der Waals surface area contributed by atoms with Crippen molar-refractivity contribution in [2.45, 2.75) is 45.1 Å². The molecule has 0 saturated carbocycles. The Hall–Kier alpha value is -2.45. The minimum atomic E-state index is -0.592. The van der Waals surface area contributed by atoms with Gasteiger partial charge in [-0.1, -0.05) is 55.7 Å². The van der Waals surface area contributed by atoms with Gasteiger partial charge in [-0.3, -0.25) is 9.69 Å². The first-order chi connectivity index (χ1) is 14.7. The predicted octanol–water partition coefficient (Wildman–Crippen LogP) is 3.01. The molecule has 0 radical (unpaired) electrons. The topological polar surface area (TPSA) is 88.8 Å².